The summed E-state index contributed by atoms with van der Waals surface area (Å²) in [4.78, 5) is 21.3. The Balaban J connectivity index is 4.29. The molecule has 0 saturated heterocycles. The molecule has 72 valence electrons. The molecule has 3 heteroatoms. The number of nitrogens with one attached hydrogen (secondary N) is 1. The second-order valence-corrected chi connectivity index (χ2v) is 3.00. The quantitative estimate of drug-likeness (QED) is 0.669. The van der Waals surface area contributed by atoms with Crippen LogP contribution in [0.25, 0.3) is 0 Å². The average molecular weight is 181 g/mol. The minimum atomic E-state index is -0.0133. The van der Waals surface area contributed by atoms with Gasteiger partial charge in [0.05, 0.1) is 0 Å². The minimum Gasteiger partial charge on any atom is -0.363 e. The molecule has 13 heavy (non-hydrogen) atoms. The van der Waals surface area contributed by atoms with Gasteiger partial charge in [-0.05, 0) is 39.8 Å². The number of carbonyl (C=O) groups excluding carboxylic acids is 2. The molecule has 0 aromatic rings. The molecule has 0 aliphatic heterocycles. The molecule has 0 radical (unpaired) electrons. The second kappa shape index (κ2) is 5.30. The van der Waals surface area contributed by atoms with Crippen molar-refractivity contribution in [3.63, 3.8) is 0 Å². The summed E-state index contributed by atoms with van der Waals surface area (Å²) in [7, 11) is 0. The number of carbonyl (C=O) groups is 2. The van der Waals surface area contributed by atoms with Gasteiger partial charge in [0.1, 0.15) is 0 Å². The van der Waals surface area contributed by atoms with Crippen molar-refractivity contribution in [1.82, 2.24) is 5.32 Å². The van der Waals surface area contributed by atoms with E-state index < -0.39 is 0 Å². The van der Waals surface area contributed by atoms with E-state index in [2.05, 4.69) is 5.32 Å². The Hall–Kier alpha value is -1.38. The summed E-state index contributed by atoms with van der Waals surface area (Å²) in [5, 5.41) is 2.92. The molecule has 0 aromatic heterocycles. The SMILES string of the molecule is CC(=O)/C=C(\C)N/C(C)=C/C(C)=O. The predicted octanol–water partition coefficient (Wildman–Crippen LogP) is 1.56. The first-order valence-electron chi connectivity index (χ1n) is 4.06. The van der Waals surface area contributed by atoms with E-state index in [1.165, 1.54) is 26.0 Å². The van der Waals surface area contributed by atoms with Crippen molar-refractivity contribution in [3.05, 3.63) is 23.5 Å². The van der Waals surface area contributed by atoms with Crippen molar-refractivity contribution < 1.29 is 9.59 Å². The summed E-state index contributed by atoms with van der Waals surface area (Å²) >= 11 is 0. The van der Waals surface area contributed by atoms with E-state index in [0.29, 0.717) is 0 Å². The van der Waals surface area contributed by atoms with Crippen LogP contribution in [-0.2, 0) is 9.59 Å². The molecule has 0 unspecified atom stereocenters. The van der Waals surface area contributed by atoms with Crippen molar-refractivity contribution in [3.8, 4) is 0 Å². The van der Waals surface area contributed by atoms with E-state index in [-0.39, 0.29) is 11.6 Å². The van der Waals surface area contributed by atoms with Crippen LogP contribution in [0, 0.1) is 0 Å². The van der Waals surface area contributed by atoms with Gasteiger partial charge in [-0.15, -0.1) is 0 Å². The van der Waals surface area contributed by atoms with Crippen LogP contribution in [0.2, 0.25) is 0 Å². The maximum absolute atomic E-state index is 10.7. The van der Waals surface area contributed by atoms with Crippen LogP contribution in [0.4, 0.5) is 0 Å². The van der Waals surface area contributed by atoms with Crippen molar-refractivity contribution in [2.75, 3.05) is 0 Å². The fourth-order valence-electron chi connectivity index (χ4n) is 0.993. The first-order chi connectivity index (χ1) is 5.91. The highest BCUT2D eigenvalue weighted by Gasteiger charge is 1.93. The number of allylic oxidation sites excluding steroid dienone is 4. The largest absolute Gasteiger partial charge is 0.363 e. The summed E-state index contributed by atoms with van der Waals surface area (Å²) in [6.07, 6.45) is 2.97. The molecule has 0 rings (SSSR count). The Bertz CT molecular complexity index is 247. The third-order valence-corrected chi connectivity index (χ3v) is 1.23. The lowest BCUT2D eigenvalue weighted by Crippen LogP contribution is -2.10. The molecule has 1 N–H and O–H groups in total. The van der Waals surface area contributed by atoms with Gasteiger partial charge < -0.3 is 5.32 Å². The Labute approximate surface area is 78.5 Å². The Morgan fingerprint density at radius 1 is 0.846 bits per heavy atom. The van der Waals surface area contributed by atoms with Crippen LogP contribution in [0.5, 0.6) is 0 Å². The van der Waals surface area contributed by atoms with Crippen LogP contribution in [0.3, 0.4) is 0 Å². The van der Waals surface area contributed by atoms with E-state index in [9.17, 15) is 9.59 Å². The topological polar surface area (TPSA) is 46.2 Å². The second-order valence-electron chi connectivity index (χ2n) is 3.00. The molecular weight excluding hydrogens is 166 g/mol. The number of rotatable bonds is 4. The lowest BCUT2D eigenvalue weighted by molar-refractivity contribution is -0.113. The van der Waals surface area contributed by atoms with Gasteiger partial charge >= 0.3 is 0 Å². The van der Waals surface area contributed by atoms with Gasteiger partial charge in [0.25, 0.3) is 0 Å². The molecule has 0 spiro atoms. The Kier molecular flexibility index (Phi) is 4.74. The van der Waals surface area contributed by atoms with Crippen LogP contribution in [0.15, 0.2) is 23.5 Å². The molecule has 0 atom stereocenters. The first-order valence-corrected chi connectivity index (χ1v) is 4.06. The molecule has 0 aromatic carbocycles. The average Bonchev–Trinajstić information content (AvgIpc) is 1.80. The molecular formula is C10H15NO2. The maximum Gasteiger partial charge on any atom is 0.154 e. The van der Waals surface area contributed by atoms with Crippen molar-refractivity contribution in [1.29, 1.82) is 0 Å². The number of hydrogen-bond donors (Lipinski definition) is 1. The van der Waals surface area contributed by atoms with Gasteiger partial charge in [-0.3, -0.25) is 9.59 Å². The lowest BCUT2D eigenvalue weighted by atomic mass is 10.3. The normalized spacial score (nSPS) is 12.6. The number of ketones is 2. The first kappa shape index (κ1) is 11.6. The summed E-state index contributed by atoms with van der Waals surface area (Å²) in [5.41, 5.74) is 1.48. The fourth-order valence-corrected chi connectivity index (χ4v) is 0.993. The summed E-state index contributed by atoms with van der Waals surface area (Å²) in [6, 6.07) is 0. The summed E-state index contributed by atoms with van der Waals surface area (Å²) < 4.78 is 0. The molecule has 0 aliphatic rings. The summed E-state index contributed by atoms with van der Waals surface area (Å²) in [5.74, 6) is -0.0266. The minimum absolute atomic E-state index is 0.0133. The zero-order valence-electron chi connectivity index (χ0n) is 8.47. The Morgan fingerprint density at radius 3 is 1.38 bits per heavy atom. The van der Waals surface area contributed by atoms with Crippen LogP contribution in [0.1, 0.15) is 27.7 Å². The van der Waals surface area contributed by atoms with Crippen LogP contribution in [-0.4, -0.2) is 11.6 Å². The maximum atomic E-state index is 10.7. The van der Waals surface area contributed by atoms with Gasteiger partial charge in [0, 0.05) is 11.4 Å². The molecule has 0 amide bonds. The van der Waals surface area contributed by atoms with Crippen LogP contribution >= 0.6 is 0 Å². The monoisotopic (exact) mass is 181 g/mol. The molecule has 0 aliphatic carbocycles. The fraction of sp³-hybridized carbons (Fsp3) is 0.400. The third-order valence-electron chi connectivity index (χ3n) is 1.23. The lowest BCUT2D eigenvalue weighted by Gasteiger charge is -2.04. The van der Waals surface area contributed by atoms with Crippen LogP contribution < -0.4 is 5.32 Å². The van der Waals surface area contributed by atoms with E-state index in [1.807, 2.05) is 0 Å². The number of hydrogen-bond acceptors (Lipinski definition) is 3. The molecule has 0 fully saturated rings. The molecule has 0 bridgehead atoms. The Morgan fingerprint density at radius 2 is 1.15 bits per heavy atom. The summed E-state index contributed by atoms with van der Waals surface area (Å²) in [6.45, 7) is 6.52. The zero-order chi connectivity index (χ0) is 10.4. The third kappa shape index (κ3) is 7.00. The van der Waals surface area contributed by atoms with Gasteiger partial charge in [-0.1, -0.05) is 0 Å². The highest BCUT2D eigenvalue weighted by molar-refractivity contribution is 5.88. The van der Waals surface area contributed by atoms with E-state index >= 15 is 0 Å². The predicted molar refractivity (Wildman–Crippen MR) is 52.0 cm³/mol. The van der Waals surface area contributed by atoms with Gasteiger partial charge in [0.15, 0.2) is 11.6 Å². The molecule has 3 nitrogen and oxygen atoms in total. The zero-order valence-corrected chi connectivity index (χ0v) is 8.47. The smallest absolute Gasteiger partial charge is 0.154 e. The van der Waals surface area contributed by atoms with Gasteiger partial charge in [0.2, 0.25) is 0 Å². The van der Waals surface area contributed by atoms with E-state index in [1.54, 1.807) is 13.8 Å². The van der Waals surface area contributed by atoms with Crippen molar-refractivity contribution in [2.24, 2.45) is 0 Å². The van der Waals surface area contributed by atoms with Crippen molar-refractivity contribution in [2.45, 2.75) is 27.7 Å². The van der Waals surface area contributed by atoms with Gasteiger partial charge in [-0.2, -0.15) is 0 Å². The van der Waals surface area contributed by atoms with E-state index in [4.69, 9.17) is 0 Å². The molecule has 0 saturated carbocycles. The standard InChI is InChI=1S/C10H15NO2/c1-7(5-9(3)12)11-8(2)6-10(4)13/h5-6,11H,1-4H3/b7-5+,8-6+. The van der Waals surface area contributed by atoms with E-state index in [0.717, 1.165) is 11.4 Å². The molecule has 0 heterocycles. The van der Waals surface area contributed by atoms with Crippen molar-refractivity contribution >= 4 is 11.6 Å². The highest BCUT2D eigenvalue weighted by atomic mass is 16.1. The van der Waals surface area contributed by atoms with Gasteiger partial charge in [-0.25, -0.2) is 0 Å². The highest BCUT2D eigenvalue weighted by Crippen LogP contribution is 1.94.